The third kappa shape index (κ3) is 5.64. The Hall–Kier alpha value is -2.52. The van der Waals surface area contributed by atoms with Crippen molar-refractivity contribution in [3.63, 3.8) is 0 Å². The zero-order chi connectivity index (χ0) is 16.9. The second-order valence-electron chi connectivity index (χ2n) is 4.91. The number of hydrogen-bond acceptors (Lipinski definition) is 6. The number of ether oxygens (including phenoxy) is 1. The van der Waals surface area contributed by atoms with E-state index in [4.69, 9.17) is 0 Å². The van der Waals surface area contributed by atoms with Gasteiger partial charge < -0.3 is 15.0 Å². The second kappa shape index (κ2) is 7.16. The van der Waals surface area contributed by atoms with Crippen LogP contribution in [-0.4, -0.2) is 40.7 Å². The van der Waals surface area contributed by atoms with Gasteiger partial charge in [-0.05, 0) is 12.0 Å². The lowest BCUT2D eigenvalue weighted by Crippen LogP contribution is -2.39. The molecule has 1 aliphatic heterocycles. The number of nitro groups is 1. The average Bonchev–Trinajstić information content (AvgIpc) is 2.47. The van der Waals surface area contributed by atoms with Crippen molar-refractivity contribution in [1.82, 2.24) is 15.2 Å². The van der Waals surface area contributed by atoms with Crippen LogP contribution in [0.4, 0.5) is 13.2 Å². The highest BCUT2D eigenvalue weighted by Crippen LogP contribution is 2.18. The molecule has 23 heavy (non-hydrogen) atoms. The van der Waals surface area contributed by atoms with Gasteiger partial charge in [-0.2, -0.15) is 13.2 Å². The number of nitrogens with one attached hydrogen (secondary N) is 1. The lowest BCUT2D eigenvalue weighted by molar-refractivity contribution is -0.405. The van der Waals surface area contributed by atoms with E-state index in [1.165, 1.54) is 12.3 Å². The van der Waals surface area contributed by atoms with Crippen molar-refractivity contribution in [2.45, 2.75) is 19.1 Å². The Morgan fingerprint density at radius 1 is 1.48 bits per heavy atom. The van der Waals surface area contributed by atoms with Gasteiger partial charge in [0.05, 0.1) is 4.92 Å². The number of halogens is 3. The van der Waals surface area contributed by atoms with Gasteiger partial charge >= 0.3 is 6.18 Å². The van der Waals surface area contributed by atoms with E-state index in [0.29, 0.717) is 31.0 Å². The molecule has 0 aromatic carbocycles. The summed E-state index contributed by atoms with van der Waals surface area (Å²) in [4.78, 5) is 15.7. The first kappa shape index (κ1) is 16.8. The third-order valence-corrected chi connectivity index (χ3v) is 3.03. The van der Waals surface area contributed by atoms with E-state index in [2.05, 4.69) is 15.0 Å². The predicted octanol–water partition coefficient (Wildman–Crippen LogP) is 1.89. The first-order chi connectivity index (χ1) is 10.8. The van der Waals surface area contributed by atoms with Crippen LogP contribution in [0.5, 0.6) is 5.88 Å². The topological polar surface area (TPSA) is 80.5 Å². The summed E-state index contributed by atoms with van der Waals surface area (Å²) < 4.78 is 40.7. The van der Waals surface area contributed by atoms with E-state index < -0.39 is 17.7 Å². The SMILES string of the molecule is O=[N+]([O-])C=C1NCCCN1Cc1ccc(OCC(F)(F)F)nc1. The third-order valence-electron chi connectivity index (χ3n) is 3.03. The van der Waals surface area contributed by atoms with Crippen molar-refractivity contribution < 1.29 is 22.8 Å². The minimum absolute atomic E-state index is 0.121. The highest BCUT2D eigenvalue weighted by molar-refractivity contribution is 5.18. The van der Waals surface area contributed by atoms with Gasteiger partial charge in [0.25, 0.3) is 6.20 Å². The maximum absolute atomic E-state index is 12.0. The quantitative estimate of drug-likeness (QED) is 0.655. The average molecular weight is 332 g/mol. The molecule has 0 radical (unpaired) electrons. The molecule has 0 amide bonds. The predicted molar refractivity (Wildman–Crippen MR) is 73.9 cm³/mol. The van der Waals surface area contributed by atoms with Gasteiger partial charge in [-0.1, -0.05) is 6.07 Å². The lowest BCUT2D eigenvalue weighted by Gasteiger charge is -2.30. The molecular formula is C13H15F3N4O3. The maximum atomic E-state index is 12.0. The summed E-state index contributed by atoms with van der Waals surface area (Å²) in [5, 5.41) is 13.5. The number of pyridine rings is 1. The van der Waals surface area contributed by atoms with Crippen molar-refractivity contribution in [3.05, 3.63) is 46.0 Å². The molecule has 0 aliphatic carbocycles. The summed E-state index contributed by atoms with van der Waals surface area (Å²) in [6.07, 6.45) is -1.30. The molecule has 7 nitrogen and oxygen atoms in total. The van der Waals surface area contributed by atoms with Gasteiger partial charge in [0, 0.05) is 31.9 Å². The highest BCUT2D eigenvalue weighted by atomic mass is 19.4. The second-order valence-corrected chi connectivity index (χ2v) is 4.91. The normalized spacial score (nSPS) is 17.0. The van der Waals surface area contributed by atoms with Crippen molar-refractivity contribution in [2.24, 2.45) is 0 Å². The molecule has 0 atom stereocenters. The van der Waals surface area contributed by atoms with Crippen LogP contribution in [0.25, 0.3) is 0 Å². The van der Waals surface area contributed by atoms with Gasteiger partial charge in [0.1, 0.15) is 0 Å². The van der Waals surface area contributed by atoms with Gasteiger partial charge in [0.2, 0.25) is 5.88 Å². The van der Waals surface area contributed by atoms with Gasteiger partial charge in [-0.3, -0.25) is 10.1 Å². The largest absolute Gasteiger partial charge is 0.468 e. The fourth-order valence-corrected chi connectivity index (χ4v) is 2.08. The molecule has 0 saturated carbocycles. The van der Waals surface area contributed by atoms with E-state index in [1.54, 1.807) is 11.0 Å². The van der Waals surface area contributed by atoms with Crippen LogP contribution in [-0.2, 0) is 6.54 Å². The molecule has 1 aromatic heterocycles. The molecule has 126 valence electrons. The van der Waals surface area contributed by atoms with E-state index >= 15 is 0 Å². The summed E-state index contributed by atoms with van der Waals surface area (Å²) in [7, 11) is 0. The zero-order valence-electron chi connectivity index (χ0n) is 12.0. The zero-order valence-corrected chi connectivity index (χ0v) is 12.0. The standard InChI is InChI=1S/C13H15F3N4O3/c14-13(15,16)9-23-12-3-2-10(6-18-12)7-19-5-1-4-17-11(19)8-20(21)22/h2-3,6,8,17H,1,4-5,7,9H2. The minimum Gasteiger partial charge on any atom is -0.468 e. The Bertz CT molecular complexity index is 575. The van der Waals surface area contributed by atoms with Crippen molar-refractivity contribution >= 4 is 0 Å². The van der Waals surface area contributed by atoms with Crippen LogP contribution >= 0.6 is 0 Å². The van der Waals surface area contributed by atoms with E-state index in [9.17, 15) is 23.3 Å². The van der Waals surface area contributed by atoms with Gasteiger partial charge in [0.15, 0.2) is 12.4 Å². The highest BCUT2D eigenvalue weighted by Gasteiger charge is 2.28. The summed E-state index contributed by atoms with van der Waals surface area (Å²) in [6, 6.07) is 2.92. The summed E-state index contributed by atoms with van der Waals surface area (Å²) >= 11 is 0. The summed E-state index contributed by atoms with van der Waals surface area (Å²) in [5.41, 5.74) is 0.710. The molecule has 10 heteroatoms. The Morgan fingerprint density at radius 3 is 2.87 bits per heavy atom. The van der Waals surface area contributed by atoms with Gasteiger partial charge in [-0.15, -0.1) is 0 Å². The fourth-order valence-electron chi connectivity index (χ4n) is 2.08. The van der Waals surface area contributed by atoms with E-state index in [0.717, 1.165) is 12.6 Å². The maximum Gasteiger partial charge on any atom is 0.422 e. The number of rotatable bonds is 5. The number of aromatic nitrogens is 1. The number of alkyl halides is 3. The molecule has 1 aliphatic rings. The fraction of sp³-hybridized carbons (Fsp3) is 0.462. The molecule has 0 bridgehead atoms. The molecule has 1 saturated heterocycles. The van der Waals surface area contributed by atoms with Crippen molar-refractivity contribution in [2.75, 3.05) is 19.7 Å². The molecule has 1 fully saturated rings. The monoisotopic (exact) mass is 332 g/mol. The summed E-state index contributed by atoms with van der Waals surface area (Å²) in [6.45, 7) is 0.252. The van der Waals surface area contributed by atoms with Crippen LogP contribution in [0.3, 0.4) is 0 Å². The molecule has 2 heterocycles. The molecule has 2 rings (SSSR count). The van der Waals surface area contributed by atoms with Crippen LogP contribution in [0, 0.1) is 10.1 Å². The smallest absolute Gasteiger partial charge is 0.422 e. The molecule has 0 unspecified atom stereocenters. The first-order valence-corrected chi connectivity index (χ1v) is 6.82. The van der Waals surface area contributed by atoms with Crippen LogP contribution < -0.4 is 10.1 Å². The molecular weight excluding hydrogens is 317 g/mol. The minimum atomic E-state index is -4.41. The van der Waals surface area contributed by atoms with Crippen molar-refractivity contribution in [3.8, 4) is 5.88 Å². The van der Waals surface area contributed by atoms with Crippen LogP contribution in [0.15, 0.2) is 30.4 Å². The van der Waals surface area contributed by atoms with Gasteiger partial charge in [-0.25, -0.2) is 4.98 Å². The van der Waals surface area contributed by atoms with Crippen LogP contribution in [0.2, 0.25) is 0 Å². The summed E-state index contributed by atoms with van der Waals surface area (Å²) in [5.74, 6) is 0.280. The Balaban J connectivity index is 1.98. The lowest BCUT2D eigenvalue weighted by atomic mass is 10.2. The Morgan fingerprint density at radius 2 is 2.26 bits per heavy atom. The molecule has 1 aromatic rings. The molecule has 1 N–H and O–H groups in total. The van der Waals surface area contributed by atoms with E-state index in [-0.39, 0.29) is 5.88 Å². The molecule has 0 spiro atoms. The van der Waals surface area contributed by atoms with Crippen LogP contribution in [0.1, 0.15) is 12.0 Å². The van der Waals surface area contributed by atoms with Crippen molar-refractivity contribution in [1.29, 1.82) is 0 Å². The van der Waals surface area contributed by atoms with E-state index in [1.807, 2.05) is 0 Å². The number of hydrogen-bond donors (Lipinski definition) is 1. The first-order valence-electron chi connectivity index (χ1n) is 6.82. The number of nitrogens with zero attached hydrogens (tertiary/aromatic N) is 3. The Labute approximate surface area is 129 Å². The Kier molecular flexibility index (Phi) is 5.24.